The molecule has 0 atom stereocenters. The maximum atomic E-state index is 11.1. The molecule has 3 rings (SSSR count). The third-order valence-electron chi connectivity index (χ3n) is 3.56. The standard InChI is InChI=1S/C15H18N4O2/c1-21-15(20)17-8-9-19-14(12-2-3-12)10-13(18-19)11-4-6-16-7-5-11/h4-7,10,12H,2-3,8-9H2,1H3,(H,17,20). The molecule has 0 unspecified atom stereocenters. The van der Waals surface area contributed by atoms with Crippen LogP contribution in [0.5, 0.6) is 0 Å². The van der Waals surface area contributed by atoms with E-state index in [1.165, 1.54) is 25.6 Å². The summed E-state index contributed by atoms with van der Waals surface area (Å²) in [6.45, 7) is 1.15. The summed E-state index contributed by atoms with van der Waals surface area (Å²) in [5.74, 6) is 0.603. The lowest BCUT2D eigenvalue weighted by molar-refractivity contribution is 0.170. The van der Waals surface area contributed by atoms with E-state index in [0.29, 0.717) is 19.0 Å². The van der Waals surface area contributed by atoms with Gasteiger partial charge in [0, 0.05) is 36.1 Å². The molecule has 2 heterocycles. The molecule has 21 heavy (non-hydrogen) atoms. The van der Waals surface area contributed by atoms with E-state index in [1.807, 2.05) is 16.8 Å². The van der Waals surface area contributed by atoms with Crippen molar-refractivity contribution in [1.82, 2.24) is 20.1 Å². The van der Waals surface area contributed by atoms with Crippen molar-refractivity contribution in [1.29, 1.82) is 0 Å². The SMILES string of the molecule is COC(=O)NCCn1nc(-c2ccncc2)cc1C1CC1. The van der Waals surface area contributed by atoms with Gasteiger partial charge in [-0.1, -0.05) is 0 Å². The zero-order valence-corrected chi connectivity index (χ0v) is 12.0. The topological polar surface area (TPSA) is 69.0 Å². The molecule has 0 saturated heterocycles. The van der Waals surface area contributed by atoms with Gasteiger partial charge < -0.3 is 10.1 Å². The number of pyridine rings is 1. The molecule has 0 aliphatic heterocycles. The molecule has 1 fully saturated rings. The van der Waals surface area contributed by atoms with E-state index >= 15 is 0 Å². The van der Waals surface area contributed by atoms with E-state index < -0.39 is 6.09 Å². The van der Waals surface area contributed by atoms with Gasteiger partial charge in [-0.3, -0.25) is 9.67 Å². The van der Waals surface area contributed by atoms with Gasteiger partial charge in [0.15, 0.2) is 0 Å². The molecule has 2 aromatic heterocycles. The van der Waals surface area contributed by atoms with Crippen LogP contribution in [0.3, 0.4) is 0 Å². The highest BCUT2D eigenvalue weighted by atomic mass is 16.5. The fourth-order valence-electron chi connectivity index (χ4n) is 2.32. The minimum Gasteiger partial charge on any atom is -0.453 e. The zero-order valence-electron chi connectivity index (χ0n) is 12.0. The lowest BCUT2D eigenvalue weighted by Gasteiger charge is -2.07. The van der Waals surface area contributed by atoms with Crippen LogP contribution in [0.1, 0.15) is 24.5 Å². The molecule has 1 saturated carbocycles. The number of nitrogens with one attached hydrogen (secondary N) is 1. The summed E-state index contributed by atoms with van der Waals surface area (Å²) in [5, 5.41) is 7.35. The van der Waals surface area contributed by atoms with Gasteiger partial charge >= 0.3 is 6.09 Å². The van der Waals surface area contributed by atoms with Gasteiger partial charge in [-0.25, -0.2) is 4.79 Å². The van der Waals surface area contributed by atoms with E-state index in [9.17, 15) is 4.79 Å². The Balaban J connectivity index is 1.76. The van der Waals surface area contributed by atoms with Crippen LogP contribution in [0.25, 0.3) is 11.3 Å². The summed E-state index contributed by atoms with van der Waals surface area (Å²) >= 11 is 0. The Morgan fingerprint density at radius 3 is 2.86 bits per heavy atom. The van der Waals surface area contributed by atoms with Crippen molar-refractivity contribution in [2.45, 2.75) is 25.3 Å². The average Bonchev–Trinajstić information content (AvgIpc) is 3.28. The number of rotatable bonds is 5. The van der Waals surface area contributed by atoms with E-state index in [1.54, 1.807) is 12.4 Å². The maximum Gasteiger partial charge on any atom is 0.406 e. The van der Waals surface area contributed by atoms with E-state index in [2.05, 4.69) is 26.2 Å². The highest BCUT2D eigenvalue weighted by Gasteiger charge is 2.28. The van der Waals surface area contributed by atoms with Gasteiger partial charge in [0.25, 0.3) is 0 Å². The van der Waals surface area contributed by atoms with Crippen LogP contribution in [0.4, 0.5) is 4.79 Å². The molecular formula is C15H18N4O2. The first-order valence-electron chi connectivity index (χ1n) is 7.08. The predicted molar refractivity (Wildman–Crippen MR) is 77.8 cm³/mol. The summed E-state index contributed by atoms with van der Waals surface area (Å²) in [6.07, 6.45) is 5.55. The zero-order chi connectivity index (χ0) is 14.7. The smallest absolute Gasteiger partial charge is 0.406 e. The molecule has 0 bridgehead atoms. The summed E-state index contributed by atoms with van der Waals surface area (Å²) in [5.41, 5.74) is 3.26. The number of aromatic nitrogens is 3. The second-order valence-electron chi connectivity index (χ2n) is 5.11. The first-order valence-corrected chi connectivity index (χ1v) is 7.08. The van der Waals surface area contributed by atoms with Crippen molar-refractivity contribution in [3.8, 4) is 11.3 Å². The number of hydrogen-bond donors (Lipinski definition) is 1. The number of methoxy groups -OCH3 is 1. The second-order valence-corrected chi connectivity index (χ2v) is 5.11. The van der Waals surface area contributed by atoms with Crippen molar-refractivity contribution in [3.63, 3.8) is 0 Å². The van der Waals surface area contributed by atoms with E-state index in [0.717, 1.165) is 11.3 Å². The third kappa shape index (κ3) is 3.21. The first-order chi connectivity index (χ1) is 10.3. The Hall–Kier alpha value is -2.37. The van der Waals surface area contributed by atoms with Crippen molar-refractivity contribution >= 4 is 6.09 Å². The largest absolute Gasteiger partial charge is 0.453 e. The van der Waals surface area contributed by atoms with Crippen molar-refractivity contribution < 1.29 is 9.53 Å². The molecule has 6 nitrogen and oxygen atoms in total. The van der Waals surface area contributed by atoms with Crippen LogP contribution >= 0.6 is 0 Å². The van der Waals surface area contributed by atoms with Gasteiger partial charge in [0.2, 0.25) is 0 Å². The van der Waals surface area contributed by atoms with Crippen molar-refractivity contribution in [2.24, 2.45) is 0 Å². The first kappa shape index (κ1) is 13.6. The fourth-order valence-corrected chi connectivity index (χ4v) is 2.32. The monoisotopic (exact) mass is 286 g/mol. The quantitative estimate of drug-likeness (QED) is 0.914. The third-order valence-corrected chi connectivity index (χ3v) is 3.56. The predicted octanol–water partition coefficient (Wildman–Crippen LogP) is 2.18. The summed E-state index contributed by atoms with van der Waals surface area (Å²) in [7, 11) is 1.36. The van der Waals surface area contributed by atoms with Gasteiger partial charge in [0.1, 0.15) is 0 Å². The molecule has 1 amide bonds. The summed E-state index contributed by atoms with van der Waals surface area (Å²) in [4.78, 5) is 15.1. The van der Waals surface area contributed by atoms with Crippen LogP contribution in [0.2, 0.25) is 0 Å². The Bertz CT molecular complexity index is 620. The molecule has 1 aliphatic carbocycles. The van der Waals surface area contributed by atoms with Crippen molar-refractivity contribution in [2.75, 3.05) is 13.7 Å². The number of amides is 1. The van der Waals surface area contributed by atoms with E-state index in [4.69, 9.17) is 0 Å². The minimum absolute atomic E-state index is 0.413. The lowest BCUT2D eigenvalue weighted by atomic mass is 10.2. The summed E-state index contributed by atoms with van der Waals surface area (Å²) in [6, 6.07) is 6.05. The Morgan fingerprint density at radius 2 is 2.19 bits per heavy atom. The number of alkyl carbamates (subject to hydrolysis) is 1. The molecule has 0 radical (unpaired) electrons. The summed E-state index contributed by atoms with van der Waals surface area (Å²) < 4.78 is 6.56. The molecule has 2 aromatic rings. The normalized spacial score (nSPS) is 14.0. The number of nitrogens with zero attached hydrogens (tertiary/aromatic N) is 3. The lowest BCUT2D eigenvalue weighted by Crippen LogP contribution is -2.27. The Morgan fingerprint density at radius 1 is 1.43 bits per heavy atom. The highest BCUT2D eigenvalue weighted by molar-refractivity contribution is 5.66. The van der Waals surface area contributed by atoms with Crippen LogP contribution in [-0.4, -0.2) is 34.5 Å². The number of ether oxygens (including phenoxy) is 1. The highest BCUT2D eigenvalue weighted by Crippen LogP contribution is 2.41. The van der Waals surface area contributed by atoms with Gasteiger partial charge in [0.05, 0.1) is 19.3 Å². The molecule has 0 spiro atoms. The van der Waals surface area contributed by atoms with Crippen LogP contribution in [0.15, 0.2) is 30.6 Å². The second kappa shape index (κ2) is 5.95. The molecule has 1 N–H and O–H groups in total. The molecule has 1 aliphatic rings. The van der Waals surface area contributed by atoms with Crippen molar-refractivity contribution in [3.05, 3.63) is 36.3 Å². The molecule has 6 heteroatoms. The molecular weight excluding hydrogens is 268 g/mol. The number of hydrogen-bond acceptors (Lipinski definition) is 4. The van der Waals surface area contributed by atoms with Crippen LogP contribution in [0, 0.1) is 0 Å². The van der Waals surface area contributed by atoms with Crippen LogP contribution < -0.4 is 5.32 Å². The van der Waals surface area contributed by atoms with Crippen LogP contribution in [-0.2, 0) is 11.3 Å². The van der Waals surface area contributed by atoms with E-state index in [-0.39, 0.29) is 0 Å². The number of carbonyl (C=O) groups excluding carboxylic acids is 1. The Labute approximate surface area is 123 Å². The van der Waals surface area contributed by atoms with Gasteiger partial charge in [-0.15, -0.1) is 0 Å². The number of carbonyl (C=O) groups is 1. The molecule has 110 valence electrons. The molecule has 0 aromatic carbocycles. The average molecular weight is 286 g/mol. The van der Waals surface area contributed by atoms with Gasteiger partial charge in [-0.05, 0) is 31.0 Å². The minimum atomic E-state index is -0.413. The maximum absolute atomic E-state index is 11.1. The fraction of sp³-hybridized carbons (Fsp3) is 0.400. The Kier molecular flexibility index (Phi) is 3.85. The van der Waals surface area contributed by atoms with Gasteiger partial charge in [-0.2, -0.15) is 5.10 Å².